The molecule has 2 aromatic rings. The van der Waals surface area contributed by atoms with Gasteiger partial charge in [-0.3, -0.25) is 0 Å². The van der Waals surface area contributed by atoms with Gasteiger partial charge in [-0.05, 0) is 42.5 Å². The summed E-state index contributed by atoms with van der Waals surface area (Å²) in [5.74, 6) is 0.670. The lowest BCUT2D eigenvalue weighted by atomic mass is 10.3. The quantitative estimate of drug-likeness (QED) is 0.815. The summed E-state index contributed by atoms with van der Waals surface area (Å²) >= 11 is 16.9. The van der Waals surface area contributed by atoms with Crippen molar-refractivity contribution in [2.45, 2.75) is 0 Å². The molecule has 0 saturated heterocycles. The lowest BCUT2D eigenvalue weighted by molar-refractivity contribution is 1.32. The predicted octanol–water partition coefficient (Wildman–Crippen LogP) is 4.20. The zero-order valence-corrected chi connectivity index (χ0v) is 11.5. The number of hydrogen-bond acceptors (Lipinski definition) is 2. The van der Waals surface area contributed by atoms with Crippen molar-refractivity contribution in [2.24, 2.45) is 0 Å². The Morgan fingerprint density at radius 3 is 2.39 bits per heavy atom. The predicted molar refractivity (Wildman–Crippen MR) is 80.5 cm³/mol. The summed E-state index contributed by atoms with van der Waals surface area (Å²) in [6.45, 7) is 0. The second-order valence-corrected chi connectivity index (χ2v) is 4.73. The Kier molecular flexibility index (Phi) is 4.36. The van der Waals surface area contributed by atoms with E-state index in [0.29, 0.717) is 21.0 Å². The van der Waals surface area contributed by atoms with Crippen LogP contribution in [0.1, 0.15) is 0 Å². The van der Waals surface area contributed by atoms with Gasteiger partial charge < -0.3 is 10.6 Å². The number of hydrogen-bond donors (Lipinski definition) is 2. The molecule has 1 heterocycles. The molecule has 2 N–H and O–H groups in total. The van der Waals surface area contributed by atoms with Crippen LogP contribution in [0.15, 0.2) is 42.6 Å². The van der Waals surface area contributed by atoms with E-state index in [4.69, 9.17) is 35.4 Å². The maximum Gasteiger partial charge on any atom is 0.176 e. The Morgan fingerprint density at radius 2 is 1.78 bits per heavy atom. The number of benzene rings is 1. The molecule has 0 fully saturated rings. The molecule has 0 amide bonds. The largest absolute Gasteiger partial charge is 0.332 e. The van der Waals surface area contributed by atoms with E-state index in [-0.39, 0.29) is 0 Å². The third kappa shape index (κ3) is 3.84. The topological polar surface area (TPSA) is 37.0 Å². The summed E-state index contributed by atoms with van der Waals surface area (Å²) in [5.41, 5.74) is 0.723. The van der Waals surface area contributed by atoms with Crippen LogP contribution in [0.25, 0.3) is 0 Å². The number of nitrogens with one attached hydrogen (secondary N) is 2. The molecule has 0 saturated carbocycles. The lowest BCUT2D eigenvalue weighted by Crippen LogP contribution is -2.19. The number of pyridine rings is 1. The van der Waals surface area contributed by atoms with Crippen LogP contribution in [0.5, 0.6) is 0 Å². The van der Waals surface area contributed by atoms with Gasteiger partial charge in [0, 0.05) is 21.9 Å². The second-order valence-electron chi connectivity index (χ2n) is 3.45. The van der Waals surface area contributed by atoms with Crippen LogP contribution < -0.4 is 10.6 Å². The molecule has 0 spiro atoms. The molecule has 0 atom stereocenters. The maximum absolute atomic E-state index is 5.89. The maximum atomic E-state index is 5.89. The van der Waals surface area contributed by atoms with Crippen molar-refractivity contribution in [3.05, 3.63) is 52.6 Å². The van der Waals surface area contributed by atoms with Gasteiger partial charge in [0.15, 0.2) is 5.11 Å². The van der Waals surface area contributed by atoms with Gasteiger partial charge in [-0.15, -0.1) is 0 Å². The standard InChI is InChI=1S/C12H9Cl2N3S/c13-8-5-9(14)7-10(6-8)16-12(18)17-11-3-1-2-4-15-11/h1-7H,(H2,15,16,17,18). The molecular formula is C12H9Cl2N3S. The van der Waals surface area contributed by atoms with E-state index in [9.17, 15) is 0 Å². The Bertz CT molecular complexity index is 540. The minimum Gasteiger partial charge on any atom is -0.332 e. The van der Waals surface area contributed by atoms with Crippen LogP contribution in [0.4, 0.5) is 11.5 Å². The first-order valence-electron chi connectivity index (χ1n) is 5.08. The number of halogens is 2. The van der Waals surface area contributed by atoms with Crippen LogP contribution in [0, 0.1) is 0 Å². The first kappa shape index (κ1) is 13.1. The smallest absolute Gasteiger partial charge is 0.176 e. The van der Waals surface area contributed by atoms with E-state index in [1.54, 1.807) is 24.4 Å². The molecule has 18 heavy (non-hydrogen) atoms. The van der Waals surface area contributed by atoms with E-state index in [0.717, 1.165) is 5.69 Å². The number of anilines is 2. The Morgan fingerprint density at radius 1 is 1.06 bits per heavy atom. The van der Waals surface area contributed by atoms with E-state index in [2.05, 4.69) is 15.6 Å². The highest BCUT2D eigenvalue weighted by Crippen LogP contribution is 2.22. The van der Waals surface area contributed by atoms with Crippen molar-refractivity contribution in [3.63, 3.8) is 0 Å². The molecule has 3 nitrogen and oxygen atoms in total. The molecule has 0 aliphatic carbocycles. The Hall–Kier alpha value is -1.36. The van der Waals surface area contributed by atoms with Crippen molar-refractivity contribution in [3.8, 4) is 0 Å². The van der Waals surface area contributed by atoms with Crippen molar-refractivity contribution in [2.75, 3.05) is 10.6 Å². The van der Waals surface area contributed by atoms with Crippen molar-refractivity contribution < 1.29 is 0 Å². The van der Waals surface area contributed by atoms with Crippen molar-refractivity contribution in [1.29, 1.82) is 0 Å². The molecule has 0 bridgehead atoms. The first-order valence-corrected chi connectivity index (χ1v) is 6.25. The van der Waals surface area contributed by atoms with E-state index in [1.807, 2.05) is 18.2 Å². The molecule has 1 aromatic carbocycles. The number of thiocarbonyl (C=S) groups is 1. The SMILES string of the molecule is S=C(Nc1cc(Cl)cc(Cl)c1)Nc1ccccn1. The fourth-order valence-electron chi connectivity index (χ4n) is 1.34. The number of rotatable bonds is 2. The highest BCUT2D eigenvalue weighted by Gasteiger charge is 2.01. The van der Waals surface area contributed by atoms with Crippen LogP contribution in [-0.4, -0.2) is 10.1 Å². The monoisotopic (exact) mass is 297 g/mol. The molecule has 6 heteroatoms. The fraction of sp³-hybridized carbons (Fsp3) is 0. The van der Waals surface area contributed by atoms with Gasteiger partial charge in [-0.2, -0.15) is 0 Å². The van der Waals surface area contributed by atoms with Gasteiger partial charge in [0.25, 0.3) is 0 Å². The number of nitrogens with zero attached hydrogens (tertiary/aromatic N) is 1. The summed E-state index contributed by atoms with van der Waals surface area (Å²) in [5, 5.41) is 7.45. The highest BCUT2D eigenvalue weighted by atomic mass is 35.5. The molecule has 2 rings (SSSR count). The minimum atomic E-state index is 0.423. The second kappa shape index (κ2) is 6.00. The van der Waals surface area contributed by atoms with Gasteiger partial charge in [0.05, 0.1) is 0 Å². The van der Waals surface area contributed by atoms with Crippen molar-refractivity contribution >= 4 is 52.0 Å². The van der Waals surface area contributed by atoms with Crippen LogP contribution in [-0.2, 0) is 0 Å². The summed E-state index contributed by atoms with van der Waals surface area (Å²) in [7, 11) is 0. The Balaban J connectivity index is 2.03. The Labute approximate surface area is 120 Å². The molecule has 0 aliphatic rings. The summed E-state index contributed by atoms with van der Waals surface area (Å²) in [6, 6.07) is 10.6. The van der Waals surface area contributed by atoms with Crippen molar-refractivity contribution in [1.82, 2.24) is 4.98 Å². The van der Waals surface area contributed by atoms with Gasteiger partial charge in [-0.1, -0.05) is 29.3 Å². The van der Waals surface area contributed by atoms with E-state index < -0.39 is 0 Å². The average Bonchev–Trinajstić information content (AvgIpc) is 2.28. The third-order valence-corrected chi connectivity index (χ3v) is 2.67. The average molecular weight is 298 g/mol. The van der Waals surface area contributed by atoms with Gasteiger partial charge in [-0.25, -0.2) is 4.98 Å². The zero-order chi connectivity index (χ0) is 13.0. The first-order chi connectivity index (χ1) is 8.63. The fourth-order valence-corrected chi connectivity index (χ4v) is 2.09. The van der Waals surface area contributed by atoms with E-state index >= 15 is 0 Å². The van der Waals surface area contributed by atoms with Gasteiger partial charge >= 0.3 is 0 Å². The normalized spacial score (nSPS) is 9.89. The summed E-state index contributed by atoms with van der Waals surface area (Å²) in [6.07, 6.45) is 1.68. The number of aromatic nitrogens is 1. The lowest BCUT2D eigenvalue weighted by Gasteiger charge is -2.10. The van der Waals surface area contributed by atoms with Crippen LogP contribution in [0.2, 0.25) is 10.0 Å². The molecular weight excluding hydrogens is 289 g/mol. The summed E-state index contributed by atoms with van der Waals surface area (Å²) < 4.78 is 0. The van der Waals surface area contributed by atoms with Gasteiger partial charge in [0.1, 0.15) is 5.82 Å². The van der Waals surface area contributed by atoms with E-state index in [1.165, 1.54) is 0 Å². The molecule has 1 aromatic heterocycles. The third-order valence-electron chi connectivity index (χ3n) is 2.03. The summed E-state index contributed by atoms with van der Waals surface area (Å²) in [4.78, 5) is 4.10. The van der Waals surface area contributed by atoms with Gasteiger partial charge in [0.2, 0.25) is 0 Å². The van der Waals surface area contributed by atoms with Crippen LogP contribution in [0.3, 0.4) is 0 Å². The molecule has 92 valence electrons. The molecule has 0 unspecified atom stereocenters. The zero-order valence-electron chi connectivity index (χ0n) is 9.15. The molecule has 0 radical (unpaired) electrons. The minimum absolute atomic E-state index is 0.423. The molecule has 0 aliphatic heterocycles. The highest BCUT2D eigenvalue weighted by molar-refractivity contribution is 7.80. The van der Waals surface area contributed by atoms with Crippen LogP contribution >= 0.6 is 35.4 Å².